The van der Waals surface area contributed by atoms with Crippen molar-refractivity contribution in [1.29, 1.82) is 0 Å². The van der Waals surface area contributed by atoms with E-state index < -0.39 is 23.9 Å². The molecule has 1 fully saturated rings. The van der Waals surface area contributed by atoms with Gasteiger partial charge in [-0.05, 0) is 32.9 Å². The van der Waals surface area contributed by atoms with Gasteiger partial charge in [0.2, 0.25) is 0 Å². The van der Waals surface area contributed by atoms with Crippen LogP contribution >= 0.6 is 0 Å². The van der Waals surface area contributed by atoms with Crippen LogP contribution in [0.4, 0.5) is 9.59 Å². The zero-order valence-corrected chi connectivity index (χ0v) is 13.9. The number of ether oxygens (including phenoxy) is 2. The van der Waals surface area contributed by atoms with Gasteiger partial charge in [-0.3, -0.25) is 4.90 Å². The van der Waals surface area contributed by atoms with Crippen LogP contribution in [0.3, 0.4) is 0 Å². The number of aromatic nitrogens is 2. The highest BCUT2D eigenvalue weighted by molar-refractivity contribution is 5.88. The number of hydrogen-bond donors (Lipinski definition) is 1. The molecule has 1 aromatic heterocycles. The fourth-order valence-corrected chi connectivity index (χ4v) is 2.55. The Bertz CT molecular complexity index is 793. The topological polar surface area (TPSA) is 99.7 Å². The number of nitrogens with two attached hydrogens (primary N) is 1. The van der Waals surface area contributed by atoms with Crippen molar-refractivity contribution in [3.63, 3.8) is 0 Å². The number of rotatable bonds is 2. The van der Waals surface area contributed by atoms with Crippen LogP contribution in [0.2, 0.25) is 0 Å². The molecule has 8 heteroatoms. The lowest BCUT2D eigenvalue weighted by Gasteiger charge is -2.21. The Morgan fingerprint density at radius 2 is 2.12 bits per heavy atom. The molecule has 0 saturated carbocycles. The molecule has 1 atom stereocenters. The quantitative estimate of drug-likeness (QED) is 0.905. The Labute approximate surface area is 139 Å². The van der Waals surface area contributed by atoms with Crippen molar-refractivity contribution in [3.05, 3.63) is 30.1 Å². The molecule has 0 radical (unpaired) electrons. The van der Waals surface area contributed by atoms with Crippen LogP contribution in [0.15, 0.2) is 24.3 Å². The molecule has 1 unspecified atom stereocenters. The third-order valence-corrected chi connectivity index (χ3v) is 3.56. The van der Waals surface area contributed by atoms with E-state index in [-0.39, 0.29) is 13.2 Å². The van der Waals surface area contributed by atoms with Gasteiger partial charge in [0.15, 0.2) is 11.9 Å². The molecular formula is C16H20N4O4. The maximum Gasteiger partial charge on any atom is 0.420 e. The van der Waals surface area contributed by atoms with Gasteiger partial charge >= 0.3 is 12.2 Å². The first kappa shape index (κ1) is 16.3. The summed E-state index contributed by atoms with van der Waals surface area (Å²) in [6.07, 6.45) is -1.76. The predicted molar refractivity (Wildman–Crippen MR) is 86.3 cm³/mol. The maximum absolute atomic E-state index is 12.7. The van der Waals surface area contributed by atoms with Crippen molar-refractivity contribution in [1.82, 2.24) is 14.5 Å². The molecule has 2 heterocycles. The average molecular weight is 332 g/mol. The summed E-state index contributed by atoms with van der Waals surface area (Å²) in [5.74, 6) is 0.328. The molecule has 8 nitrogen and oxygen atoms in total. The van der Waals surface area contributed by atoms with Gasteiger partial charge in [-0.25, -0.2) is 19.1 Å². The molecule has 128 valence electrons. The number of cyclic esters (lactones) is 1. The highest BCUT2D eigenvalue weighted by Gasteiger charge is 2.37. The van der Waals surface area contributed by atoms with Crippen molar-refractivity contribution in [2.24, 2.45) is 5.73 Å². The first-order valence-corrected chi connectivity index (χ1v) is 7.66. The molecule has 2 N–H and O–H groups in total. The van der Waals surface area contributed by atoms with Gasteiger partial charge in [-0.2, -0.15) is 0 Å². The number of benzene rings is 1. The second-order valence-corrected chi connectivity index (χ2v) is 6.55. The van der Waals surface area contributed by atoms with Crippen LogP contribution in [0.25, 0.3) is 11.0 Å². The summed E-state index contributed by atoms with van der Waals surface area (Å²) in [6.45, 7) is 5.64. The van der Waals surface area contributed by atoms with E-state index in [2.05, 4.69) is 4.98 Å². The smallest absolute Gasteiger partial charge is 0.420 e. The SMILES string of the molecule is CC(C)(C)OC(=O)n1c(C2CN(CN)C(=O)O2)nc2ccccc21. The molecule has 0 spiro atoms. The van der Waals surface area contributed by atoms with E-state index in [1.165, 1.54) is 9.47 Å². The number of carbonyl (C=O) groups excluding carboxylic acids is 2. The third-order valence-electron chi connectivity index (χ3n) is 3.56. The van der Waals surface area contributed by atoms with Gasteiger partial charge in [0.25, 0.3) is 0 Å². The largest absolute Gasteiger partial charge is 0.443 e. The minimum absolute atomic E-state index is 0.0437. The van der Waals surface area contributed by atoms with Crippen molar-refractivity contribution < 1.29 is 19.1 Å². The fraction of sp³-hybridized carbons (Fsp3) is 0.438. The van der Waals surface area contributed by atoms with Crippen molar-refractivity contribution in [2.75, 3.05) is 13.2 Å². The zero-order chi connectivity index (χ0) is 17.5. The van der Waals surface area contributed by atoms with E-state index >= 15 is 0 Å². The lowest BCUT2D eigenvalue weighted by Crippen LogP contribution is -2.31. The van der Waals surface area contributed by atoms with E-state index in [9.17, 15) is 9.59 Å². The van der Waals surface area contributed by atoms with Crippen LogP contribution in [0.1, 0.15) is 32.7 Å². The first-order chi connectivity index (χ1) is 11.3. The number of nitrogens with zero attached hydrogens (tertiary/aromatic N) is 3. The summed E-state index contributed by atoms with van der Waals surface area (Å²) >= 11 is 0. The standard InChI is InChI=1S/C16H20N4O4/c1-16(2,3)24-15(22)20-11-7-5-4-6-10(11)18-13(20)12-8-19(9-17)14(21)23-12/h4-7,12H,8-9,17H2,1-3H3. The summed E-state index contributed by atoms with van der Waals surface area (Å²) in [6, 6.07) is 7.19. The number of carbonyl (C=O) groups is 2. The van der Waals surface area contributed by atoms with Gasteiger partial charge in [0, 0.05) is 0 Å². The van der Waals surface area contributed by atoms with Crippen LogP contribution in [0.5, 0.6) is 0 Å². The molecule has 0 aliphatic carbocycles. The minimum Gasteiger partial charge on any atom is -0.443 e. The highest BCUT2D eigenvalue weighted by Crippen LogP contribution is 2.29. The Kier molecular flexibility index (Phi) is 3.92. The molecule has 1 amide bonds. The minimum atomic E-state index is -0.680. The number of para-hydroxylation sites is 2. The summed E-state index contributed by atoms with van der Waals surface area (Å²) in [7, 11) is 0. The van der Waals surface area contributed by atoms with E-state index in [0.29, 0.717) is 16.9 Å². The molecule has 0 bridgehead atoms. The summed E-state index contributed by atoms with van der Waals surface area (Å²) in [5, 5.41) is 0. The van der Waals surface area contributed by atoms with E-state index in [4.69, 9.17) is 15.2 Å². The van der Waals surface area contributed by atoms with Crippen molar-refractivity contribution in [3.8, 4) is 0 Å². The van der Waals surface area contributed by atoms with Crippen molar-refractivity contribution in [2.45, 2.75) is 32.5 Å². The van der Waals surface area contributed by atoms with Crippen LogP contribution < -0.4 is 5.73 Å². The molecule has 1 saturated heterocycles. The predicted octanol–water partition coefficient (Wildman–Crippen LogP) is 2.23. The molecule has 24 heavy (non-hydrogen) atoms. The zero-order valence-electron chi connectivity index (χ0n) is 13.9. The molecule has 3 rings (SSSR count). The Morgan fingerprint density at radius 3 is 2.75 bits per heavy atom. The number of amides is 1. The fourth-order valence-electron chi connectivity index (χ4n) is 2.55. The first-order valence-electron chi connectivity index (χ1n) is 7.66. The van der Waals surface area contributed by atoms with Gasteiger partial charge in [-0.1, -0.05) is 12.1 Å². The summed E-state index contributed by atoms with van der Waals surface area (Å²) < 4.78 is 12.2. The van der Waals surface area contributed by atoms with Crippen LogP contribution in [-0.2, 0) is 9.47 Å². The molecule has 1 aliphatic rings. The van der Waals surface area contributed by atoms with Crippen LogP contribution in [0, 0.1) is 0 Å². The normalized spacial score (nSPS) is 18.1. The van der Waals surface area contributed by atoms with E-state index in [1.54, 1.807) is 32.9 Å². The molecule has 2 aromatic rings. The molecular weight excluding hydrogens is 312 g/mol. The van der Waals surface area contributed by atoms with Crippen molar-refractivity contribution >= 4 is 23.2 Å². The van der Waals surface area contributed by atoms with Gasteiger partial charge in [0.1, 0.15) is 5.60 Å². The molecule has 1 aliphatic heterocycles. The number of fused-ring (bicyclic) bond motifs is 1. The lowest BCUT2D eigenvalue weighted by atomic mass is 10.2. The maximum atomic E-state index is 12.7. The van der Waals surface area contributed by atoms with E-state index in [0.717, 1.165) is 0 Å². The second kappa shape index (κ2) is 5.79. The average Bonchev–Trinajstić information content (AvgIpc) is 3.05. The molecule has 1 aromatic carbocycles. The van der Waals surface area contributed by atoms with E-state index in [1.807, 2.05) is 12.1 Å². The van der Waals surface area contributed by atoms with Gasteiger partial charge < -0.3 is 15.2 Å². The lowest BCUT2D eigenvalue weighted by molar-refractivity contribution is 0.0520. The van der Waals surface area contributed by atoms with Gasteiger partial charge in [-0.15, -0.1) is 0 Å². The Hall–Kier alpha value is -2.61. The Morgan fingerprint density at radius 1 is 1.42 bits per heavy atom. The number of hydrogen-bond acceptors (Lipinski definition) is 6. The summed E-state index contributed by atoms with van der Waals surface area (Å²) in [5.41, 5.74) is 6.10. The number of imidazole rings is 1. The monoisotopic (exact) mass is 332 g/mol. The summed E-state index contributed by atoms with van der Waals surface area (Å²) in [4.78, 5) is 30.3. The highest BCUT2D eigenvalue weighted by atomic mass is 16.6. The Balaban J connectivity index is 2.06. The second-order valence-electron chi connectivity index (χ2n) is 6.55. The van der Waals surface area contributed by atoms with Gasteiger partial charge in [0.05, 0.1) is 24.2 Å². The van der Waals surface area contributed by atoms with Crippen LogP contribution in [-0.4, -0.2) is 45.5 Å². The third kappa shape index (κ3) is 2.92.